The van der Waals surface area contributed by atoms with Gasteiger partial charge in [-0.25, -0.2) is 13.2 Å². The average molecular weight is 340 g/mol. The van der Waals surface area contributed by atoms with E-state index < -0.39 is 29.3 Å². The van der Waals surface area contributed by atoms with Crippen LogP contribution in [-0.4, -0.2) is 17.6 Å². The zero-order valence-corrected chi connectivity index (χ0v) is 12.4. The van der Waals surface area contributed by atoms with Gasteiger partial charge < -0.3 is 0 Å². The second kappa shape index (κ2) is 7.68. The molecule has 0 bridgehead atoms. The quantitative estimate of drug-likeness (QED) is 0.665. The molecule has 0 fully saturated rings. The van der Waals surface area contributed by atoms with E-state index in [0.717, 1.165) is 42.1 Å². The highest BCUT2D eigenvalue weighted by Crippen LogP contribution is 2.22. The summed E-state index contributed by atoms with van der Waals surface area (Å²) in [7, 11) is 0. The Balaban J connectivity index is 1.82. The van der Waals surface area contributed by atoms with Crippen molar-refractivity contribution in [3.63, 3.8) is 0 Å². The molecular weight excluding hydrogens is 329 g/mol. The van der Waals surface area contributed by atoms with Gasteiger partial charge in [0.25, 0.3) is 5.91 Å². The molecule has 0 aromatic heterocycles. The van der Waals surface area contributed by atoms with Crippen LogP contribution < -0.4 is 10.9 Å². The van der Waals surface area contributed by atoms with Gasteiger partial charge in [-0.15, -0.1) is 11.8 Å². The SMILES string of the molecule is O=C(CSc1cc(F)ccc1F)NNC(=O)c1ccc(F)cc1. The second-order valence-corrected chi connectivity index (χ2v) is 5.39. The van der Waals surface area contributed by atoms with Gasteiger partial charge in [0, 0.05) is 10.5 Å². The number of nitrogens with one attached hydrogen (secondary N) is 2. The van der Waals surface area contributed by atoms with Crippen LogP contribution in [0.25, 0.3) is 0 Å². The Morgan fingerprint density at radius 1 is 0.913 bits per heavy atom. The Labute approximate surface area is 134 Å². The lowest BCUT2D eigenvalue weighted by atomic mass is 10.2. The first-order valence-corrected chi connectivity index (χ1v) is 7.37. The molecule has 2 N–H and O–H groups in total. The maximum Gasteiger partial charge on any atom is 0.269 e. The summed E-state index contributed by atoms with van der Waals surface area (Å²) >= 11 is 0.791. The summed E-state index contributed by atoms with van der Waals surface area (Å²) in [4.78, 5) is 23.2. The molecule has 23 heavy (non-hydrogen) atoms. The third-order valence-electron chi connectivity index (χ3n) is 2.67. The Hall–Kier alpha value is -2.48. The fourth-order valence-corrected chi connectivity index (χ4v) is 2.33. The van der Waals surface area contributed by atoms with E-state index >= 15 is 0 Å². The van der Waals surface area contributed by atoms with E-state index in [1.807, 2.05) is 0 Å². The minimum Gasteiger partial charge on any atom is -0.272 e. The first kappa shape index (κ1) is 16.9. The van der Waals surface area contributed by atoms with Gasteiger partial charge in [0.1, 0.15) is 17.5 Å². The Kier molecular flexibility index (Phi) is 5.64. The van der Waals surface area contributed by atoms with Gasteiger partial charge in [0.15, 0.2) is 0 Å². The van der Waals surface area contributed by atoms with Crippen LogP contribution in [0.15, 0.2) is 47.4 Å². The molecule has 0 radical (unpaired) electrons. The first-order chi connectivity index (χ1) is 11.0. The van der Waals surface area contributed by atoms with Crippen molar-refractivity contribution in [1.82, 2.24) is 10.9 Å². The predicted octanol–water partition coefficient (Wildman–Crippen LogP) is 2.66. The summed E-state index contributed by atoms with van der Waals surface area (Å²) in [6.07, 6.45) is 0. The monoisotopic (exact) mass is 340 g/mol. The number of hydrogen-bond acceptors (Lipinski definition) is 3. The third kappa shape index (κ3) is 5.03. The zero-order valence-electron chi connectivity index (χ0n) is 11.6. The fraction of sp³-hybridized carbons (Fsp3) is 0.0667. The van der Waals surface area contributed by atoms with Crippen molar-refractivity contribution in [2.45, 2.75) is 4.90 Å². The second-order valence-electron chi connectivity index (χ2n) is 4.37. The van der Waals surface area contributed by atoms with Crippen LogP contribution in [0.1, 0.15) is 10.4 Å². The smallest absolute Gasteiger partial charge is 0.269 e. The molecule has 4 nitrogen and oxygen atoms in total. The summed E-state index contributed by atoms with van der Waals surface area (Å²) in [6.45, 7) is 0. The van der Waals surface area contributed by atoms with E-state index in [0.29, 0.717) is 0 Å². The van der Waals surface area contributed by atoms with Gasteiger partial charge in [-0.2, -0.15) is 0 Å². The summed E-state index contributed by atoms with van der Waals surface area (Å²) in [5.41, 5.74) is 4.43. The summed E-state index contributed by atoms with van der Waals surface area (Å²) in [5, 5.41) is 0. The molecular formula is C15H11F3N2O2S. The molecule has 2 rings (SSSR count). The molecule has 0 unspecified atom stereocenters. The molecule has 0 saturated carbocycles. The van der Waals surface area contributed by atoms with E-state index in [-0.39, 0.29) is 16.2 Å². The van der Waals surface area contributed by atoms with Crippen molar-refractivity contribution in [2.24, 2.45) is 0 Å². The van der Waals surface area contributed by atoms with Crippen LogP contribution in [-0.2, 0) is 4.79 Å². The van der Waals surface area contributed by atoms with Crippen LogP contribution >= 0.6 is 11.8 Å². The fourth-order valence-electron chi connectivity index (χ4n) is 1.57. The number of thioether (sulfide) groups is 1. The molecule has 2 aromatic carbocycles. The lowest BCUT2D eigenvalue weighted by Gasteiger charge is -2.07. The number of hydrazine groups is 1. The Morgan fingerprint density at radius 2 is 1.57 bits per heavy atom. The largest absolute Gasteiger partial charge is 0.272 e. The molecule has 0 aliphatic heterocycles. The number of hydrogen-bond donors (Lipinski definition) is 2. The molecule has 0 heterocycles. The number of rotatable bonds is 4. The maximum atomic E-state index is 13.4. The molecule has 0 atom stereocenters. The highest BCUT2D eigenvalue weighted by atomic mass is 32.2. The molecule has 2 amide bonds. The minimum absolute atomic E-state index is 0.00925. The van der Waals surface area contributed by atoms with Crippen molar-refractivity contribution in [2.75, 3.05) is 5.75 Å². The topological polar surface area (TPSA) is 58.2 Å². The summed E-state index contributed by atoms with van der Waals surface area (Å²) in [6, 6.07) is 7.65. The average Bonchev–Trinajstić information content (AvgIpc) is 2.54. The van der Waals surface area contributed by atoms with Crippen molar-refractivity contribution < 1.29 is 22.8 Å². The molecule has 0 aliphatic carbocycles. The van der Waals surface area contributed by atoms with E-state index in [2.05, 4.69) is 10.9 Å². The molecule has 8 heteroatoms. The van der Waals surface area contributed by atoms with E-state index in [9.17, 15) is 22.8 Å². The van der Waals surface area contributed by atoms with Gasteiger partial charge in [-0.1, -0.05) is 0 Å². The van der Waals surface area contributed by atoms with Crippen LogP contribution in [0.2, 0.25) is 0 Å². The zero-order chi connectivity index (χ0) is 16.8. The summed E-state index contributed by atoms with van der Waals surface area (Å²) in [5.74, 6) is -3.18. The minimum atomic E-state index is -0.639. The molecule has 0 spiro atoms. The van der Waals surface area contributed by atoms with Gasteiger partial charge in [-0.05, 0) is 42.5 Å². The maximum absolute atomic E-state index is 13.4. The number of benzene rings is 2. The van der Waals surface area contributed by atoms with Gasteiger partial charge in [-0.3, -0.25) is 20.4 Å². The van der Waals surface area contributed by atoms with Crippen molar-refractivity contribution >= 4 is 23.6 Å². The highest BCUT2D eigenvalue weighted by Gasteiger charge is 2.10. The molecule has 2 aromatic rings. The van der Waals surface area contributed by atoms with Crippen LogP contribution in [0, 0.1) is 17.5 Å². The van der Waals surface area contributed by atoms with Crippen molar-refractivity contribution in [1.29, 1.82) is 0 Å². The number of amides is 2. The van der Waals surface area contributed by atoms with Crippen molar-refractivity contribution in [3.05, 3.63) is 65.5 Å². The Bertz CT molecular complexity index is 723. The van der Waals surface area contributed by atoms with E-state index in [4.69, 9.17) is 0 Å². The van der Waals surface area contributed by atoms with Gasteiger partial charge in [0.05, 0.1) is 5.75 Å². The third-order valence-corrected chi connectivity index (χ3v) is 3.70. The highest BCUT2D eigenvalue weighted by molar-refractivity contribution is 8.00. The lowest BCUT2D eigenvalue weighted by molar-refractivity contribution is -0.119. The van der Waals surface area contributed by atoms with Gasteiger partial charge >= 0.3 is 0 Å². The Morgan fingerprint density at radius 3 is 2.26 bits per heavy atom. The van der Waals surface area contributed by atoms with Gasteiger partial charge in [0.2, 0.25) is 5.91 Å². The van der Waals surface area contributed by atoms with Crippen LogP contribution in [0.5, 0.6) is 0 Å². The number of carbonyl (C=O) groups excluding carboxylic acids is 2. The first-order valence-electron chi connectivity index (χ1n) is 6.38. The molecule has 0 saturated heterocycles. The van der Waals surface area contributed by atoms with E-state index in [1.165, 1.54) is 12.1 Å². The normalized spacial score (nSPS) is 10.2. The van der Waals surface area contributed by atoms with Crippen LogP contribution in [0.4, 0.5) is 13.2 Å². The summed E-state index contributed by atoms with van der Waals surface area (Å²) < 4.78 is 39.1. The van der Waals surface area contributed by atoms with Crippen LogP contribution in [0.3, 0.4) is 0 Å². The lowest BCUT2D eigenvalue weighted by Crippen LogP contribution is -2.42. The standard InChI is InChI=1S/C15H11F3N2O2S/c16-10-3-1-9(2-4-10)15(22)20-19-14(21)8-23-13-7-11(17)5-6-12(13)18/h1-7H,8H2,(H,19,21)(H,20,22). The molecule has 0 aliphatic rings. The predicted molar refractivity (Wildman–Crippen MR) is 79.1 cm³/mol. The number of carbonyl (C=O) groups is 2. The van der Waals surface area contributed by atoms with Crippen molar-refractivity contribution in [3.8, 4) is 0 Å². The molecule has 120 valence electrons. The number of halogens is 3. The van der Waals surface area contributed by atoms with E-state index in [1.54, 1.807) is 0 Å².